The molecule has 4 aliphatic carbocycles. The lowest BCUT2D eigenvalue weighted by Gasteiger charge is -2.58. The number of hydrogen-bond donors (Lipinski definition) is 0. The summed E-state index contributed by atoms with van der Waals surface area (Å²) in [4.78, 5) is 23.0. The van der Waals surface area contributed by atoms with Crippen molar-refractivity contribution in [3.05, 3.63) is 35.5 Å². The summed E-state index contributed by atoms with van der Waals surface area (Å²) in [7, 11) is 0. The zero-order chi connectivity index (χ0) is 30.9. The van der Waals surface area contributed by atoms with Gasteiger partial charge < -0.3 is 18.9 Å². The minimum Gasteiger partial charge on any atom is -0.463 e. The zero-order valence-electron chi connectivity index (χ0n) is 27.7. The first-order chi connectivity index (χ1) is 20.4. The van der Waals surface area contributed by atoms with Crippen LogP contribution in [0.25, 0.3) is 0 Å². The van der Waals surface area contributed by atoms with Crippen LogP contribution in [0.1, 0.15) is 113 Å². The van der Waals surface area contributed by atoms with Gasteiger partial charge in [0, 0.05) is 13.8 Å². The van der Waals surface area contributed by atoms with Crippen LogP contribution in [0.4, 0.5) is 0 Å². The maximum atomic E-state index is 11.6. The summed E-state index contributed by atoms with van der Waals surface area (Å²) >= 11 is 0. The van der Waals surface area contributed by atoms with E-state index in [1.807, 2.05) is 6.08 Å². The molecule has 5 aliphatic rings. The van der Waals surface area contributed by atoms with E-state index in [2.05, 4.69) is 46.8 Å². The first-order valence-electron chi connectivity index (χ1n) is 17.1. The molecular formula is C37H56O6. The molecule has 43 heavy (non-hydrogen) atoms. The molecule has 1 aliphatic heterocycles. The van der Waals surface area contributed by atoms with Gasteiger partial charge in [-0.2, -0.15) is 0 Å². The van der Waals surface area contributed by atoms with Crippen molar-refractivity contribution in [3.63, 3.8) is 0 Å². The topological polar surface area (TPSA) is 71.1 Å². The minimum absolute atomic E-state index is 0.0165. The number of hydrogen-bond acceptors (Lipinski definition) is 6. The maximum Gasteiger partial charge on any atom is 0.303 e. The Hall–Kier alpha value is -1.92. The highest BCUT2D eigenvalue weighted by Gasteiger charge is 2.58. The van der Waals surface area contributed by atoms with Gasteiger partial charge in [0.05, 0.1) is 6.10 Å². The predicted molar refractivity (Wildman–Crippen MR) is 168 cm³/mol. The fourth-order valence-corrected chi connectivity index (χ4v) is 9.80. The monoisotopic (exact) mass is 596 g/mol. The lowest BCUT2D eigenvalue weighted by molar-refractivity contribution is -0.213. The molecule has 1 heterocycles. The van der Waals surface area contributed by atoms with Crippen LogP contribution in [-0.2, 0) is 28.5 Å². The molecule has 3 saturated carbocycles. The van der Waals surface area contributed by atoms with Crippen LogP contribution < -0.4 is 0 Å². The van der Waals surface area contributed by atoms with E-state index in [9.17, 15) is 9.59 Å². The van der Waals surface area contributed by atoms with Crippen LogP contribution >= 0.6 is 0 Å². The lowest BCUT2D eigenvalue weighted by atomic mass is 9.47. The average Bonchev–Trinajstić information content (AvgIpc) is 3.30. The quantitative estimate of drug-likeness (QED) is 0.198. The second-order valence-corrected chi connectivity index (χ2v) is 15.2. The number of ether oxygens (including phenoxy) is 4. The highest BCUT2D eigenvalue weighted by atomic mass is 16.7. The van der Waals surface area contributed by atoms with Crippen molar-refractivity contribution in [1.82, 2.24) is 0 Å². The van der Waals surface area contributed by atoms with E-state index in [0.717, 1.165) is 48.9 Å². The Labute approximate surface area is 260 Å². The summed E-state index contributed by atoms with van der Waals surface area (Å²) in [5.41, 5.74) is 3.94. The molecule has 0 amide bonds. The molecule has 0 saturated heterocycles. The van der Waals surface area contributed by atoms with Crippen molar-refractivity contribution < 1.29 is 28.5 Å². The van der Waals surface area contributed by atoms with Crippen molar-refractivity contribution >= 4 is 11.9 Å². The molecule has 0 radical (unpaired) electrons. The summed E-state index contributed by atoms with van der Waals surface area (Å²) in [5, 5.41) is 0. The smallest absolute Gasteiger partial charge is 0.303 e. The van der Waals surface area contributed by atoms with E-state index in [4.69, 9.17) is 18.9 Å². The molecule has 0 spiro atoms. The van der Waals surface area contributed by atoms with E-state index in [1.165, 1.54) is 58.8 Å². The molecule has 1 unspecified atom stereocenters. The highest BCUT2D eigenvalue weighted by molar-refractivity contribution is 5.66. The fourth-order valence-electron chi connectivity index (χ4n) is 9.80. The predicted octanol–water partition coefficient (Wildman–Crippen LogP) is 8.11. The number of allylic oxidation sites excluding steroid dienone is 3. The van der Waals surface area contributed by atoms with E-state index >= 15 is 0 Å². The molecule has 0 aromatic rings. The van der Waals surface area contributed by atoms with E-state index in [-0.39, 0.29) is 18.1 Å². The molecule has 0 bridgehead atoms. The van der Waals surface area contributed by atoms with Crippen LogP contribution in [-0.4, -0.2) is 43.1 Å². The number of rotatable bonds is 9. The van der Waals surface area contributed by atoms with Gasteiger partial charge in [0.1, 0.15) is 18.8 Å². The van der Waals surface area contributed by atoms with Crippen molar-refractivity contribution in [2.75, 3.05) is 6.61 Å². The van der Waals surface area contributed by atoms with Gasteiger partial charge in [0.2, 0.25) is 0 Å². The Morgan fingerprint density at radius 2 is 1.81 bits per heavy atom. The molecule has 10 atom stereocenters. The summed E-state index contributed by atoms with van der Waals surface area (Å²) in [6, 6.07) is 0. The number of fused-ring (bicyclic) bond motifs is 5. The molecule has 6 heteroatoms. The lowest BCUT2D eigenvalue weighted by Crippen LogP contribution is -2.51. The van der Waals surface area contributed by atoms with Gasteiger partial charge in [-0.1, -0.05) is 51.0 Å². The molecule has 0 aromatic heterocycles. The summed E-state index contributed by atoms with van der Waals surface area (Å²) < 4.78 is 23.2. The van der Waals surface area contributed by atoms with Gasteiger partial charge >= 0.3 is 11.9 Å². The number of esters is 2. The largest absolute Gasteiger partial charge is 0.463 e. The second kappa shape index (κ2) is 13.2. The summed E-state index contributed by atoms with van der Waals surface area (Å²) in [6.45, 7) is 15.0. The van der Waals surface area contributed by atoms with Gasteiger partial charge in [-0.3, -0.25) is 9.59 Å². The Kier molecular flexibility index (Phi) is 9.97. The number of carbonyl (C=O) groups is 2. The molecule has 3 fully saturated rings. The van der Waals surface area contributed by atoms with E-state index in [1.54, 1.807) is 17.2 Å². The summed E-state index contributed by atoms with van der Waals surface area (Å²) in [6.07, 6.45) is 19.4. The molecule has 240 valence electrons. The number of carbonyl (C=O) groups excluding carboxylic acids is 2. The molecular weight excluding hydrogens is 540 g/mol. The van der Waals surface area contributed by atoms with Crippen molar-refractivity contribution in [3.8, 4) is 0 Å². The minimum atomic E-state index is -0.601. The fraction of sp³-hybridized carbons (Fsp3) is 0.784. The Morgan fingerprint density at radius 3 is 2.53 bits per heavy atom. The van der Waals surface area contributed by atoms with Crippen LogP contribution in [0.3, 0.4) is 0 Å². The SMILES string of the molecule is CC(=O)OC[C@H]1OC(O[C@H]2CC[C@@]3(C)C(=CC[C@H]4[C@@H]5CC[C@H](/C(C)=C/CCC(C)C)[C@@]5(C)CC[C@@H]43)C2)C=C[C@@H]1OC(C)=O. The average molecular weight is 597 g/mol. The molecule has 6 nitrogen and oxygen atoms in total. The third kappa shape index (κ3) is 6.85. The molecule has 0 aromatic carbocycles. The Bertz CT molecular complexity index is 1120. The second-order valence-electron chi connectivity index (χ2n) is 15.2. The van der Waals surface area contributed by atoms with E-state index < -0.39 is 30.4 Å². The molecule has 5 rings (SSSR count). The highest BCUT2D eigenvalue weighted by Crippen LogP contribution is 2.67. The Balaban J connectivity index is 1.23. The van der Waals surface area contributed by atoms with Crippen LogP contribution in [0.2, 0.25) is 0 Å². The van der Waals surface area contributed by atoms with Gasteiger partial charge in [0.15, 0.2) is 6.29 Å². The van der Waals surface area contributed by atoms with Crippen molar-refractivity contribution in [2.45, 2.75) is 137 Å². The van der Waals surface area contributed by atoms with Crippen LogP contribution in [0, 0.1) is 40.4 Å². The van der Waals surface area contributed by atoms with Crippen molar-refractivity contribution in [2.24, 2.45) is 40.4 Å². The van der Waals surface area contributed by atoms with Gasteiger partial charge in [-0.25, -0.2) is 0 Å². The zero-order valence-corrected chi connectivity index (χ0v) is 27.7. The Morgan fingerprint density at radius 1 is 1.02 bits per heavy atom. The van der Waals surface area contributed by atoms with Gasteiger partial charge in [-0.05, 0) is 124 Å². The van der Waals surface area contributed by atoms with E-state index in [0.29, 0.717) is 5.41 Å². The standard InChI is InChI=1S/C37H56O6/c1-23(2)9-8-10-24(3)30-13-14-31-29-12-11-27-21-28(17-19-36(27,6)32(29)18-20-37(30,31)7)42-35-16-15-33(41-26(5)39)34(43-35)22-40-25(4)38/h10-11,15-16,23,28-35H,8-9,12-14,17-22H2,1-7H3/b24-10+/t28-,29-,30+,31-,32-,33-,34+,35?,36-,37+/m0/s1. The molecule has 0 N–H and O–H groups in total. The third-order valence-corrected chi connectivity index (χ3v) is 12.0. The van der Waals surface area contributed by atoms with Crippen LogP contribution in [0.5, 0.6) is 0 Å². The van der Waals surface area contributed by atoms with Gasteiger partial charge in [0.25, 0.3) is 0 Å². The third-order valence-electron chi connectivity index (χ3n) is 12.0. The van der Waals surface area contributed by atoms with Crippen molar-refractivity contribution in [1.29, 1.82) is 0 Å². The summed E-state index contributed by atoms with van der Waals surface area (Å²) in [5.74, 6) is 3.11. The van der Waals surface area contributed by atoms with Gasteiger partial charge in [-0.15, -0.1) is 0 Å². The van der Waals surface area contributed by atoms with Crippen LogP contribution in [0.15, 0.2) is 35.5 Å². The maximum absolute atomic E-state index is 11.6. The normalized spacial score (nSPS) is 40.7. The first kappa shape index (κ1) is 32.5. The first-order valence-corrected chi connectivity index (χ1v) is 17.1.